The van der Waals surface area contributed by atoms with Crippen LogP contribution in [0.4, 0.5) is 0 Å². The normalized spacial score (nSPS) is 15.6. The smallest absolute Gasteiger partial charge is 0.239 e. The molecule has 1 aliphatic heterocycles. The fourth-order valence-electron chi connectivity index (χ4n) is 1.96. The minimum absolute atomic E-state index is 0.0836. The lowest BCUT2D eigenvalue weighted by Crippen LogP contribution is -2.42. The van der Waals surface area contributed by atoms with Gasteiger partial charge in [0.05, 0.1) is 6.54 Å². The van der Waals surface area contributed by atoms with Crippen LogP contribution < -0.4 is 5.32 Å². The van der Waals surface area contributed by atoms with Gasteiger partial charge in [-0.1, -0.05) is 0 Å². The third kappa shape index (κ3) is 3.55. The Bertz CT molecular complexity index is 420. The second kappa shape index (κ2) is 6.14. The van der Waals surface area contributed by atoms with E-state index in [1.165, 1.54) is 0 Å². The van der Waals surface area contributed by atoms with E-state index in [0.717, 1.165) is 18.4 Å². The minimum Gasteiger partial charge on any atom is -0.350 e. The van der Waals surface area contributed by atoms with Crippen LogP contribution in [0.3, 0.4) is 0 Å². The Labute approximate surface area is 106 Å². The number of carbonyl (C=O) groups is 2. The number of pyridine rings is 1. The van der Waals surface area contributed by atoms with Crippen LogP contribution in [-0.2, 0) is 16.1 Å². The largest absolute Gasteiger partial charge is 0.350 e. The van der Waals surface area contributed by atoms with E-state index in [1.54, 1.807) is 17.3 Å². The first-order valence-corrected chi connectivity index (χ1v) is 6.19. The van der Waals surface area contributed by atoms with Crippen LogP contribution >= 0.6 is 0 Å². The van der Waals surface area contributed by atoms with Gasteiger partial charge in [0.15, 0.2) is 0 Å². The lowest BCUT2D eigenvalue weighted by Gasteiger charge is -2.25. The summed E-state index contributed by atoms with van der Waals surface area (Å²) < 4.78 is 0. The predicted molar refractivity (Wildman–Crippen MR) is 66.5 cm³/mol. The van der Waals surface area contributed by atoms with Crippen molar-refractivity contribution in [2.24, 2.45) is 0 Å². The molecule has 5 nitrogen and oxygen atoms in total. The molecule has 0 aliphatic carbocycles. The van der Waals surface area contributed by atoms with E-state index in [9.17, 15) is 9.59 Å². The second-order valence-electron chi connectivity index (χ2n) is 4.40. The summed E-state index contributed by atoms with van der Waals surface area (Å²) >= 11 is 0. The van der Waals surface area contributed by atoms with Gasteiger partial charge in [-0.3, -0.25) is 14.6 Å². The molecule has 18 heavy (non-hydrogen) atoms. The van der Waals surface area contributed by atoms with Crippen molar-refractivity contribution < 1.29 is 9.59 Å². The third-order valence-corrected chi connectivity index (χ3v) is 2.99. The van der Waals surface area contributed by atoms with Crippen LogP contribution in [-0.4, -0.2) is 34.8 Å². The molecule has 0 unspecified atom stereocenters. The van der Waals surface area contributed by atoms with Gasteiger partial charge in [0, 0.05) is 31.9 Å². The molecule has 0 aromatic carbocycles. The fraction of sp³-hybridized carbons (Fsp3) is 0.462. The summed E-state index contributed by atoms with van der Waals surface area (Å²) in [5.74, 6) is -0.0256. The summed E-state index contributed by atoms with van der Waals surface area (Å²) in [4.78, 5) is 28.8. The molecule has 1 saturated heterocycles. The van der Waals surface area contributed by atoms with Crippen molar-refractivity contribution in [2.45, 2.75) is 25.8 Å². The maximum Gasteiger partial charge on any atom is 0.239 e. The Hall–Kier alpha value is -1.91. The van der Waals surface area contributed by atoms with E-state index >= 15 is 0 Å². The molecule has 1 aromatic rings. The van der Waals surface area contributed by atoms with E-state index in [2.05, 4.69) is 10.3 Å². The van der Waals surface area contributed by atoms with Crippen LogP contribution in [0.15, 0.2) is 24.5 Å². The summed E-state index contributed by atoms with van der Waals surface area (Å²) in [6, 6.07) is 3.71. The Balaban J connectivity index is 1.76. The number of nitrogens with one attached hydrogen (secondary N) is 1. The Morgan fingerprint density at radius 1 is 1.33 bits per heavy atom. The van der Waals surface area contributed by atoms with Crippen LogP contribution in [0.25, 0.3) is 0 Å². The molecule has 0 atom stereocenters. The standard InChI is InChI=1S/C13H17N3O2/c17-12(10-16-8-2-1-3-13(16)18)15-9-11-4-6-14-7-5-11/h4-7H,1-3,8-10H2,(H,15,17). The second-order valence-corrected chi connectivity index (χ2v) is 4.40. The zero-order chi connectivity index (χ0) is 12.8. The number of carbonyl (C=O) groups excluding carboxylic acids is 2. The first-order chi connectivity index (χ1) is 8.75. The van der Waals surface area contributed by atoms with Gasteiger partial charge < -0.3 is 10.2 Å². The van der Waals surface area contributed by atoms with Crippen molar-refractivity contribution in [2.75, 3.05) is 13.1 Å². The molecule has 2 rings (SSSR count). The van der Waals surface area contributed by atoms with Gasteiger partial charge in [0.25, 0.3) is 0 Å². The molecule has 1 N–H and O–H groups in total. The summed E-state index contributed by atoms with van der Waals surface area (Å²) in [5.41, 5.74) is 1.00. The number of nitrogens with zero attached hydrogens (tertiary/aromatic N) is 2. The minimum atomic E-state index is -0.109. The van der Waals surface area contributed by atoms with Crippen molar-refractivity contribution in [1.29, 1.82) is 0 Å². The Morgan fingerprint density at radius 2 is 2.11 bits per heavy atom. The average Bonchev–Trinajstić information content (AvgIpc) is 2.40. The lowest BCUT2D eigenvalue weighted by molar-refractivity contribution is -0.137. The monoisotopic (exact) mass is 247 g/mol. The molecule has 0 saturated carbocycles. The maximum atomic E-state index is 11.7. The molecule has 0 radical (unpaired) electrons. The SMILES string of the molecule is O=C(CN1CCCCC1=O)NCc1ccncc1. The van der Waals surface area contributed by atoms with Gasteiger partial charge in [-0.25, -0.2) is 0 Å². The number of aromatic nitrogens is 1. The van der Waals surface area contributed by atoms with Gasteiger partial charge in [0.2, 0.25) is 11.8 Å². The van der Waals surface area contributed by atoms with Gasteiger partial charge in [0.1, 0.15) is 0 Å². The summed E-state index contributed by atoms with van der Waals surface area (Å²) in [7, 11) is 0. The summed E-state index contributed by atoms with van der Waals surface area (Å²) in [6.07, 6.45) is 5.88. The van der Waals surface area contributed by atoms with Crippen LogP contribution in [0.1, 0.15) is 24.8 Å². The molecule has 5 heteroatoms. The number of likely N-dealkylation sites (tertiary alicyclic amines) is 1. The quantitative estimate of drug-likeness (QED) is 0.852. The highest BCUT2D eigenvalue weighted by Gasteiger charge is 2.19. The van der Waals surface area contributed by atoms with E-state index < -0.39 is 0 Å². The topological polar surface area (TPSA) is 62.3 Å². The van der Waals surface area contributed by atoms with Gasteiger partial charge in [-0.05, 0) is 30.5 Å². The van der Waals surface area contributed by atoms with Crippen LogP contribution in [0, 0.1) is 0 Å². The number of rotatable bonds is 4. The van der Waals surface area contributed by atoms with E-state index in [4.69, 9.17) is 0 Å². The zero-order valence-corrected chi connectivity index (χ0v) is 10.3. The molecule has 0 bridgehead atoms. The summed E-state index contributed by atoms with van der Waals surface area (Å²) in [5, 5.41) is 2.81. The Morgan fingerprint density at radius 3 is 2.83 bits per heavy atom. The first-order valence-electron chi connectivity index (χ1n) is 6.19. The highest BCUT2D eigenvalue weighted by atomic mass is 16.2. The van der Waals surface area contributed by atoms with Crippen LogP contribution in [0.2, 0.25) is 0 Å². The maximum absolute atomic E-state index is 11.7. The fourth-order valence-corrected chi connectivity index (χ4v) is 1.96. The average molecular weight is 247 g/mol. The first kappa shape index (κ1) is 12.5. The molecule has 96 valence electrons. The zero-order valence-electron chi connectivity index (χ0n) is 10.3. The molecule has 1 aliphatic rings. The van der Waals surface area contributed by atoms with E-state index in [1.807, 2.05) is 12.1 Å². The van der Waals surface area contributed by atoms with Gasteiger partial charge in [-0.15, -0.1) is 0 Å². The molecular weight excluding hydrogens is 230 g/mol. The van der Waals surface area contributed by atoms with Crippen molar-refractivity contribution in [3.05, 3.63) is 30.1 Å². The number of hydrogen-bond donors (Lipinski definition) is 1. The van der Waals surface area contributed by atoms with Crippen molar-refractivity contribution in [3.8, 4) is 0 Å². The van der Waals surface area contributed by atoms with Crippen molar-refractivity contribution in [1.82, 2.24) is 15.2 Å². The highest BCUT2D eigenvalue weighted by molar-refractivity contribution is 5.85. The molecule has 2 heterocycles. The molecule has 1 aromatic heterocycles. The lowest BCUT2D eigenvalue weighted by atomic mass is 10.1. The van der Waals surface area contributed by atoms with Gasteiger partial charge >= 0.3 is 0 Å². The highest BCUT2D eigenvalue weighted by Crippen LogP contribution is 2.09. The summed E-state index contributed by atoms with van der Waals surface area (Å²) in [6.45, 7) is 1.34. The molecule has 2 amide bonds. The number of hydrogen-bond acceptors (Lipinski definition) is 3. The van der Waals surface area contributed by atoms with Crippen molar-refractivity contribution in [3.63, 3.8) is 0 Å². The molecule has 0 spiro atoms. The molecule has 1 fully saturated rings. The number of amides is 2. The van der Waals surface area contributed by atoms with E-state index in [-0.39, 0.29) is 18.4 Å². The molecular formula is C13H17N3O2. The predicted octanol–water partition coefficient (Wildman–Crippen LogP) is 0.710. The third-order valence-electron chi connectivity index (χ3n) is 2.99. The van der Waals surface area contributed by atoms with E-state index in [0.29, 0.717) is 19.5 Å². The van der Waals surface area contributed by atoms with Gasteiger partial charge in [-0.2, -0.15) is 0 Å². The number of piperidine rings is 1. The Kier molecular flexibility index (Phi) is 4.28. The van der Waals surface area contributed by atoms with Crippen LogP contribution in [0.5, 0.6) is 0 Å². The van der Waals surface area contributed by atoms with Crippen molar-refractivity contribution >= 4 is 11.8 Å².